The normalized spacial score (nSPS) is 16.4. The minimum atomic E-state index is -0.173. The van der Waals surface area contributed by atoms with Gasteiger partial charge in [-0.25, -0.2) is 4.98 Å². The van der Waals surface area contributed by atoms with Crippen LogP contribution in [0.15, 0.2) is 23.0 Å². The van der Waals surface area contributed by atoms with Gasteiger partial charge in [-0.15, -0.1) is 11.3 Å². The molecule has 4 heterocycles. The molecule has 0 spiro atoms. The molecule has 162 valence electrons. The van der Waals surface area contributed by atoms with Gasteiger partial charge in [-0.3, -0.25) is 14.2 Å². The SMILES string of the molecule is Cc1cc(NC(=O)c2sc3nc4n(c(=O)c3c2C)CCCCC4)ccc1N1CCCC1. The fourth-order valence-corrected chi connectivity index (χ4v) is 5.95. The summed E-state index contributed by atoms with van der Waals surface area (Å²) in [4.78, 5) is 34.7. The number of nitrogens with one attached hydrogen (secondary N) is 1. The molecule has 0 radical (unpaired) electrons. The second kappa shape index (κ2) is 8.11. The van der Waals surface area contributed by atoms with Gasteiger partial charge >= 0.3 is 0 Å². The Bertz CT molecular complexity index is 1220. The number of amides is 1. The predicted molar refractivity (Wildman–Crippen MR) is 127 cm³/mol. The molecule has 1 N–H and O–H groups in total. The average Bonchev–Trinajstić information content (AvgIpc) is 3.31. The Balaban J connectivity index is 1.45. The van der Waals surface area contributed by atoms with Gasteiger partial charge in [0.15, 0.2) is 0 Å². The van der Waals surface area contributed by atoms with Crippen LogP contribution in [0.1, 0.15) is 58.7 Å². The van der Waals surface area contributed by atoms with E-state index in [0.717, 1.165) is 68.0 Å². The molecule has 7 heteroatoms. The third kappa shape index (κ3) is 3.65. The zero-order valence-corrected chi connectivity index (χ0v) is 19.0. The minimum Gasteiger partial charge on any atom is -0.371 e. The van der Waals surface area contributed by atoms with Crippen LogP contribution < -0.4 is 15.8 Å². The van der Waals surface area contributed by atoms with Gasteiger partial charge in [0.05, 0.1) is 10.3 Å². The maximum absolute atomic E-state index is 13.1. The van der Waals surface area contributed by atoms with Gasteiger partial charge in [0.1, 0.15) is 10.7 Å². The monoisotopic (exact) mass is 436 g/mol. The molecular formula is C24H28N4O2S. The van der Waals surface area contributed by atoms with Crippen LogP contribution in [-0.2, 0) is 13.0 Å². The van der Waals surface area contributed by atoms with Crippen LogP contribution in [0.3, 0.4) is 0 Å². The summed E-state index contributed by atoms with van der Waals surface area (Å²) in [6, 6.07) is 6.10. The number of rotatable bonds is 3. The van der Waals surface area contributed by atoms with E-state index in [0.29, 0.717) is 15.1 Å². The fourth-order valence-electron chi connectivity index (χ4n) is 4.86. The number of aromatic nitrogens is 2. The smallest absolute Gasteiger partial charge is 0.266 e. The van der Waals surface area contributed by atoms with Crippen molar-refractivity contribution in [3.8, 4) is 0 Å². The molecule has 31 heavy (non-hydrogen) atoms. The summed E-state index contributed by atoms with van der Waals surface area (Å²) < 4.78 is 1.82. The molecule has 0 saturated carbocycles. The third-order valence-electron chi connectivity index (χ3n) is 6.52. The Kier molecular flexibility index (Phi) is 5.30. The topological polar surface area (TPSA) is 67.2 Å². The molecule has 0 bridgehead atoms. The van der Waals surface area contributed by atoms with Crippen molar-refractivity contribution in [3.05, 3.63) is 50.4 Å². The highest BCUT2D eigenvalue weighted by Gasteiger charge is 2.22. The Morgan fingerprint density at radius 2 is 1.84 bits per heavy atom. The zero-order valence-electron chi connectivity index (χ0n) is 18.2. The maximum Gasteiger partial charge on any atom is 0.266 e. The standard InChI is InChI=1S/C24H28N4O2S/c1-15-14-17(9-10-18(15)27-11-6-7-12-27)25-22(29)21-16(2)20-23(31-21)26-19-8-4-3-5-13-28(19)24(20)30/h9-10,14H,3-8,11-13H2,1-2H3,(H,25,29). The number of benzene rings is 1. The Hall–Kier alpha value is -2.67. The van der Waals surface area contributed by atoms with E-state index in [2.05, 4.69) is 23.2 Å². The van der Waals surface area contributed by atoms with Gasteiger partial charge in [-0.05, 0) is 68.9 Å². The highest BCUT2D eigenvalue weighted by Crippen LogP contribution is 2.30. The van der Waals surface area contributed by atoms with Crippen LogP contribution in [0.4, 0.5) is 11.4 Å². The number of nitrogens with zero attached hydrogens (tertiary/aromatic N) is 3. The van der Waals surface area contributed by atoms with Crippen LogP contribution in [0.2, 0.25) is 0 Å². The van der Waals surface area contributed by atoms with Crippen LogP contribution in [0, 0.1) is 13.8 Å². The summed E-state index contributed by atoms with van der Waals surface area (Å²) in [5.74, 6) is 0.685. The van der Waals surface area contributed by atoms with Gasteiger partial charge in [-0.2, -0.15) is 0 Å². The first kappa shape index (κ1) is 20.2. The summed E-state index contributed by atoms with van der Waals surface area (Å²) in [6.07, 6.45) is 6.48. The number of carbonyl (C=O) groups excluding carboxylic acids is 1. The molecule has 1 amide bonds. The van der Waals surface area contributed by atoms with Crippen molar-refractivity contribution in [2.45, 2.75) is 58.9 Å². The first-order valence-electron chi connectivity index (χ1n) is 11.2. The first-order valence-corrected chi connectivity index (χ1v) is 12.0. The summed E-state index contributed by atoms with van der Waals surface area (Å²) in [5, 5.41) is 3.63. The molecule has 2 aliphatic heterocycles. The predicted octanol–water partition coefficient (Wildman–Crippen LogP) is 4.65. The molecule has 1 fully saturated rings. The number of hydrogen-bond donors (Lipinski definition) is 1. The van der Waals surface area contributed by atoms with Crippen molar-refractivity contribution in [3.63, 3.8) is 0 Å². The quantitative estimate of drug-likeness (QED) is 0.649. The molecule has 1 aromatic carbocycles. The van der Waals surface area contributed by atoms with Crippen molar-refractivity contribution in [2.75, 3.05) is 23.3 Å². The Labute approximate surface area is 185 Å². The Morgan fingerprint density at radius 1 is 1.06 bits per heavy atom. The van der Waals surface area contributed by atoms with E-state index < -0.39 is 0 Å². The summed E-state index contributed by atoms with van der Waals surface area (Å²) in [7, 11) is 0. The van der Waals surface area contributed by atoms with Gasteiger partial charge in [0.2, 0.25) is 0 Å². The minimum absolute atomic E-state index is 0.000473. The van der Waals surface area contributed by atoms with Crippen molar-refractivity contribution in [2.24, 2.45) is 0 Å². The van der Waals surface area contributed by atoms with Crippen LogP contribution >= 0.6 is 11.3 Å². The third-order valence-corrected chi connectivity index (χ3v) is 7.70. The lowest BCUT2D eigenvalue weighted by Gasteiger charge is -2.20. The molecule has 3 aromatic rings. The molecule has 2 aromatic heterocycles. The number of carbonyl (C=O) groups is 1. The van der Waals surface area contributed by atoms with Gasteiger partial charge < -0.3 is 10.2 Å². The highest BCUT2D eigenvalue weighted by atomic mass is 32.1. The number of hydrogen-bond acceptors (Lipinski definition) is 5. The van der Waals surface area contributed by atoms with Gasteiger partial charge in [0, 0.05) is 37.4 Å². The number of anilines is 2. The van der Waals surface area contributed by atoms with E-state index in [1.807, 2.05) is 23.6 Å². The van der Waals surface area contributed by atoms with Gasteiger partial charge in [-0.1, -0.05) is 6.42 Å². The summed E-state index contributed by atoms with van der Waals surface area (Å²) in [5.41, 5.74) is 3.92. The number of fused-ring (bicyclic) bond motifs is 2. The molecular weight excluding hydrogens is 408 g/mol. The van der Waals surface area contributed by atoms with E-state index in [1.54, 1.807) is 0 Å². The summed E-state index contributed by atoms with van der Waals surface area (Å²) in [6.45, 7) is 6.87. The van der Waals surface area contributed by atoms with Crippen molar-refractivity contribution < 1.29 is 4.79 Å². The Morgan fingerprint density at radius 3 is 2.61 bits per heavy atom. The molecule has 0 aliphatic carbocycles. The van der Waals surface area contributed by atoms with Crippen LogP contribution in [-0.4, -0.2) is 28.5 Å². The lowest BCUT2D eigenvalue weighted by molar-refractivity contribution is 0.103. The largest absolute Gasteiger partial charge is 0.371 e. The zero-order chi connectivity index (χ0) is 21.5. The van der Waals surface area contributed by atoms with Crippen LogP contribution in [0.5, 0.6) is 0 Å². The second-order valence-electron chi connectivity index (χ2n) is 8.68. The van der Waals surface area contributed by atoms with Crippen LogP contribution in [0.25, 0.3) is 10.2 Å². The van der Waals surface area contributed by atoms with Crippen molar-refractivity contribution in [1.82, 2.24) is 9.55 Å². The maximum atomic E-state index is 13.1. The highest BCUT2D eigenvalue weighted by molar-refractivity contribution is 7.20. The molecule has 2 aliphatic rings. The van der Waals surface area contributed by atoms with E-state index in [-0.39, 0.29) is 11.5 Å². The van der Waals surface area contributed by atoms with Gasteiger partial charge in [0.25, 0.3) is 11.5 Å². The number of aryl methyl sites for hydroxylation is 3. The summed E-state index contributed by atoms with van der Waals surface area (Å²) >= 11 is 1.33. The van der Waals surface area contributed by atoms with Crippen molar-refractivity contribution >= 4 is 38.8 Å². The number of thiophene rings is 1. The molecule has 5 rings (SSSR count). The van der Waals surface area contributed by atoms with E-state index in [1.165, 1.54) is 29.9 Å². The second-order valence-corrected chi connectivity index (χ2v) is 9.68. The van der Waals surface area contributed by atoms with Crippen molar-refractivity contribution in [1.29, 1.82) is 0 Å². The van der Waals surface area contributed by atoms with E-state index in [9.17, 15) is 9.59 Å². The molecule has 0 atom stereocenters. The van der Waals surface area contributed by atoms with E-state index >= 15 is 0 Å². The average molecular weight is 437 g/mol. The first-order chi connectivity index (χ1) is 15.0. The lowest BCUT2D eigenvalue weighted by atomic mass is 10.1. The fraction of sp³-hybridized carbons (Fsp3) is 0.458. The molecule has 0 unspecified atom stereocenters. The molecule has 6 nitrogen and oxygen atoms in total. The molecule has 1 saturated heterocycles. The van der Waals surface area contributed by atoms with E-state index in [4.69, 9.17) is 4.98 Å². The lowest BCUT2D eigenvalue weighted by Crippen LogP contribution is -2.24.